The number of likely N-dealkylation sites (tertiary alicyclic amines) is 1. The molecule has 2 aliphatic rings. The molecule has 4 nitrogen and oxygen atoms in total. The molecule has 112 valence electrons. The fourth-order valence-electron chi connectivity index (χ4n) is 2.56. The number of hydrogen-bond donors (Lipinski definition) is 2. The molecule has 0 aromatic heterocycles. The SMILES string of the molecule is O=C(c1ccc(NC(=S)NC2CC2)cc1)N1CCCCC1. The van der Waals surface area contributed by atoms with Crippen LogP contribution in [0.15, 0.2) is 24.3 Å². The number of piperidine rings is 1. The second-order valence-electron chi connectivity index (χ2n) is 5.80. The summed E-state index contributed by atoms with van der Waals surface area (Å²) >= 11 is 5.24. The van der Waals surface area contributed by atoms with Crippen LogP contribution in [0.1, 0.15) is 42.5 Å². The number of nitrogens with one attached hydrogen (secondary N) is 2. The van der Waals surface area contributed by atoms with Crippen LogP contribution in [0.4, 0.5) is 5.69 Å². The van der Waals surface area contributed by atoms with Crippen molar-refractivity contribution in [2.75, 3.05) is 18.4 Å². The largest absolute Gasteiger partial charge is 0.360 e. The van der Waals surface area contributed by atoms with E-state index in [4.69, 9.17) is 12.2 Å². The molecule has 1 aliphatic carbocycles. The first-order valence-electron chi connectivity index (χ1n) is 7.69. The van der Waals surface area contributed by atoms with Gasteiger partial charge in [-0.05, 0) is 68.6 Å². The van der Waals surface area contributed by atoms with Crippen molar-refractivity contribution in [1.82, 2.24) is 10.2 Å². The minimum atomic E-state index is 0.139. The smallest absolute Gasteiger partial charge is 0.253 e. The Labute approximate surface area is 130 Å². The highest BCUT2D eigenvalue weighted by Gasteiger charge is 2.22. The highest BCUT2D eigenvalue weighted by Crippen LogP contribution is 2.19. The molecule has 0 radical (unpaired) electrons. The molecule has 21 heavy (non-hydrogen) atoms. The molecule has 0 unspecified atom stereocenters. The molecule has 1 aromatic carbocycles. The first-order valence-corrected chi connectivity index (χ1v) is 8.10. The second-order valence-corrected chi connectivity index (χ2v) is 6.21. The number of benzene rings is 1. The van der Waals surface area contributed by atoms with Gasteiger partial charge in [-0.25, -0.2) is 0 Å². The molecule has 5 heteroatoms. The average molecular weight is 303 g/mol. The van der Waals surface area contributed by atoms with E-state index >= 15 is 0 Å². The number of rotatable bonds is 3. The summed E-state index contributed by atoms with van der Waals surface area (Å²) in [6, 6.07) is 8.12. The van der Waals surface area contributed by atoms with Crippen LogP contribution in [0.25, 0.3) is 0 Å². The maximum atomic E-state index is 12.4. The van der Waals surface area contributed by atoms with Crippen LogP contribution >= 0.6 is 12.2 Å². The van der Waals surface area contributed by atoms with Gasteiger partial charge < -0.3 is 15.5 Å². The lowest BCUT2D eigenvalue weighted by Crippen LogP contribution is -2.35. The average Bonchev–Trinajstić information content (AvgIpc) is 3.32. The van der Waals surface area contributed by atoms with Crippen molar-refractivity contribution in [1.29, 1.82) is 0 Å². The summed E-state index contributed by atoms with van der Waals surface area (Å²) < 4.78 is 0. The fourth-order valence-corrected chi connectivity index (χ4v) is 2.84. The zero-order chi connectivity index (χ0) is 14.7. The number of carbonyl (C=O) groups excluding carboxylic acids is 1. The number of amides is 1. The van der Waals surface area contributed by atoms with Crippen molar-refractivity contribution < 1.29 is 4.79 Å². The summed E-state index contributed by atoms with van der Waals surface area (Å²) in [4.78, 5) is 14.3. The lowest BCUT2D eigenvalue weighted by molar-refractivity contribution is 0.0724. The van der Waals surface area contributed by atoms with Crippen molar-refractivity contribution >= 4 is 28.9 Å². The molecule has 3 rings (SSSR count). The van der Waals surface area contributed by atoms with E-state index in [1.54, 1.807) is 0 Å². The van der Waals surface area contributed by atoms with E-state index in [1.807, 2.05) is 29.2 Å². The molecular formula is C16H21N3OS. The zero-order valence-electron chi connectivity index (χ0n) is 12.1. The highest BCUT2D eigenvalue weighted by atomic mass is 32.1. The van der Waals surface area contributed by atoms with Crippen LogP contribution in [0.2, 0.25) is 0 Å². The number of thiocarbonyl (C=S) groups is 1. The number of hydrogen-bond acceptors (Lipinski definition) is 2. The summed E-state index contributed by atoms with van der Waals surface area (Å²) in [6.45, 7) is 1.77. The van der Waals surface area contributed by atoms with Gasteiger partial charge in [0.15, 0.2) is 5.11 Å². The maximum absolute atomic E-state index is 12.4. The second kappa shape index (κ2) is 6.43. The lowest BCUT2D eigenvalue weighted by atomic mass is 10.1. The Kier molecular flexibility index (Phi) is 4.39. The molecule has 0 atom stereocenters. The predicted octanol–water partition coefficient (Wildman–Crippen LogP) is 2.76. The van der Waals surface area contributed by atoms with Gasteiger partial charge in [0.1, 0.15) is 0 Å². The Balaban J connectivity index is 1.57. The number of carbonyl (C=O) groups is 1. The summed E-state index contributed by atoms with van der Waals surface area (Å²) in [5.74, 6) is 0.139. The van der Waals surface area contributed by atoms with E-state index in [0.29, 0.717) is 11.2 Å². The lowest BCUT2D eigenvalue weighted by Gasteiger charge is -2.26. The molecule has 0 spiro atoms. The van der Waals surface area contributed by atoms with Crippen LogP contribution in [0.3, 0.4) is 0 Å². The van der Waals surface area contributed by atoms with E-state index in [-0.39, 0.29) is 5.91 Å². The monoisotopic (exact) mass is 303 g/mol. The molecule has 2 fully saturated rings. The highest BCUT2D eigenvalue weighted by molar-refractivity contribution is 7.80. The summed E-state index contributed by atoms with van der Waals surface area (Å²) in [5.41, 5.74) is 1.67. The third kappa shape index (κ3) is 3.94. The van der Waals surface area contributed by atoms with Crippen LogP contribution in [0, 0.1) is 0 Å². The minimum Gasteiger partial charge on any atom is -0.360 e. The molecule has 1 saturated carbocycles. The van der Waals surface area contributed by atoms with Gasteiger partial charge in [0.25, 0.3) is 5.91 Å². The van der Waals surface area contributed by atoms with Gasteiger partial charge >= 0.3 is 0 Å². The Morgan fingerprint density at radius 1 is 1.10 bits per heavy atom. The fraction of sp³-hybridized carbons (Fsp3) is 0.500. The molecule has 1 heterocycles. The van der Waals surface area contributed by atoms with E-state index in [2.05, 4.69) is 10.6 Å². The third-order valence-corrected chi connectivity index (χ3v) is 4.17. The van der Waals surface area contributed by atoms with E-state index < -0.39 is 0 Å². The molecule has 1 saturated heterocycles. The molecule has 2 N–H and O–H groups in total. The molecular weight excluding hydrogens is 282 g/mol. The van der Waals surface area contributed by atoms with Gasteiger partial charge in [0.2, 0.25) is 0 Å². The molecule has 1 amide bonds. The van der Waals surface area contributed by atoms with Crippen molar-refractivity contribution in [2.24, 2.45) is 0 Å². The summed E-state index contributed by atoms with van der Waals surface area (Å²) in [7, 11) is 0. The van der Waals surface area contributed by atoms with Crippen LogP contribution < -0.4 is 10.6 Å². The van der Waals surface area contributed by atoms with E-state index in [1.165, 1.54) is 19.3 Å². The van der Waals surface area contributed by atoms with Gasteiger partial charge in [-0.3, -0.25) is 4.79 Å². The Morgan fingerprint density at radius 3 is 2.38 bits per heavy atom. The Morgan fingerprint density at radius 2 is 1.76 bits per heavy atom. The predicted molar refractivity (Wildman–Crippen MR) is 88.6 cm³/mol. The first-order chi connectivity index (χ1) is 10.2. The number of nitrogens with zero attached hydrogens (tertiary/aromatic N) is 1. The molecule has 1 aromatic rings. The molecule has 0 bridgehead atoms. The van der Waals surface area contributed by atoms with Gasteiger partial charge in [0, 0.05) is 30.4 Å². The van der Waals surface area contributed by atoms with Gasteiger partial charge in [-0.2, -0.15) is 0 Å². The van der Waals surface area contributed by atoms with Crippen molar-refractivity contribution in [2.45, 2.75) is 38.1 Å². The molecule has 1 aliphatic heterocycles. The maximum Gasteiger partial charge on any atom is 0.253 e. The summed E-state index contributed by atoms with van der Waals surface area (Å²) in [6.07, 6.45) is 5.87. The van der Waals surface area contributed by atoms with Gasteiger partial charge in [-0.1, -0.05) is 0 Å². The first kappa shape index (κ1) is 14.3. The Hall–Kier alpha value is -1.62. The van der Waals surface area contributed by atoms with Crippen molar-refractivity contribution in [3.05, 3.63) is 29.8 Å². The minimum absolute atomic E-state index is 0.139. The third-order valence-electron chi connectivity index (χ3n) is 3.95. The van der Waals surface area contributed by atoms with Crippen molar-refractivity contribution in [3.63, 3.8) is 0 Å². The van der Waals surface area contributed by atoms with E-state index in [0.717, 1.165) is 37.2 Å². The van der Waals surface area contributed by atoms with Crippen LogP contribution in [-0.2, 0) is 0 Å². The zero-order valence-corrected chi connectivity index (χ0v) is 12.9. The quantitative estimate of drug-likeness (QED) is 0.843. The van der Waals surface area contributed by atoms with Crippen LogP contribution in [0.5, 0.6) is 0 Å². The van der Waals surface area contributed by atoms with Crippen molar-refractivity contribution in [3.8, 4) is 0 Å². The normalized spacial score (nSPS) is 18.2. The van der Waals surface area contributed by atoms with E-state index in [9.17, 15) is 4.79 Å². The topological polar surface area (TPSA) is 44.4 Å². The van der Waals surface area contributed by atoms with Crippen LogP contribution in [-0.4, -0.2) is 35.1 Å². The summed E-state index contributed by atoms with van der Waals surface area (Å²) in [5, 5.41) is 7.05. The Bertz CT molecular complexity index is 519. The standard InChI is InChI=1S/C16H21N3OS/c20-15(19-10-2-1-3-11-19)12-4-6-13(7-5-12)17-16(21)18-14-8-9-14/h4-7,14H,1-3,8-11H2,(H2,17,18,21). The van der Waals surface area contributed by atoms with Gasteiger partial charge in [0.05, 0.1) is 0 Å². The van der Waals surface area contributed by atoms with Gasteiger partial charge in [-0.15, -0.1) is 0 Å². The number of anilines is 1.